The number of nitrogens with one attached hydrogen (secondary N) is 1. The Bertz CT molecular complexity index is 667. The number of halogens is 3. The Hall–Kier alpha value is -1.04. The molecule has 0 unspecified atom stereocenters. The van der Waals surface area contributed by atoms with E-state index < -0.39 is 14.9 Å². The molecule has 1 aromatic carbocycles. The Morgan fingerprint density at radius 3 is 2.53 bits per heavy atom. The van der Waals surface area contributed by atoms with Gasteiger partial charge in [0.1, 0.15) is 10.7 Å². The molecule has 1 heterocycles. The Kier molecular flexibility index (Phi) is 3.16. The Labute approximate surface area is 107 Å². The van der Waals surface area contributed by atoms with Crippen molar-refractivity contribution in [1.82, 2.24) is 4.98 Å². The lowest BCUT2D eigenvalue weighted by atomic mass is 10.1. The second kappa shape index (κ2) is 4.33. The van der Waals surface area contributed by atoms with Gasteiger partial charge in [0.05, 0.1) is 0 Å². The van der Waals surface area contributed by atoms with E-state index in [1.165, 1.54) is 30.5 Å². The highest BCUT2D eigenvalue weighted by atomic mass is 35.7. The van der Waals surface area contributed by atoms with Gasteiger partial charge in [-0.15, -0.1) is 0 Å². The molecule has 0 spiro atoms. The van der Waals surface area contributed by atoms with E-state index in [0.717, 1.165) is 0 Å². The molecule has 0 aliphatic heterocycles. The van der Waals surface area contributed by atoms with Gasteiger partial charge in [0, 0.05) is 33.2 Å². The summed E-state index contributed by atoms with van der Waals surface area (Å²) in [6, 6.07) is 5.25. The van der Waals surface area contributed by atoms with Crippen LogP contribution < -0.4 is 0 Å². The number of aromatic nitrogens is 1. The van der Waals surface area contributed by atoms with Gasteiger partial charge in [-0.25, -0.2) is 12.8 Å². The normalized spacial score (nSPS) is 11.7. The highest BCUT2D eigenvalue weighted by Crippen LogP contribution is 2.27. The van der Waals surface area contributed by atoms with Gasteiger partial charge in [-0.05, 0) is 24.3 Å². The largest absolute Gasteiger partial charge is 0.360 e. The molecule has 90 valence electrons. The summed E-state index contributed by atoms with van der Waals surface area (Å²) in [6.07, 6.45) is 1.19. The van der Waals surface area contributed by atoms with Crippen LogP contribution in [-0.2, 0) is 9.05 Å². The molecule has 17 heavy (non-hydrogen) atoms. The van der Waals surface area contributed by atoms with Gasteiger partial charge < -0.3 is 4.98 Å². The molecule has 0 fully saturated rings. The molecule has 0 amide bonds. The third-order valence-electron chi connectivity index (χ3n) is 2.16. The summed E-state index contributed by atoms with van der Waals surface area (Å²) in [5, 5.41) is 0.353. The molecular formula is C10H6Cl2FNO2S. The molecule has 0 aliphatic rings. The lowest BCUT2D eigenvalue weighted by molar-refractivity contribution is 0.609. The van der Waals surface area contributed by atoms with E-state index in [4.69, 9.17) is 22.3 Å². The molecular weight excluding hydrogens is 288 g/mol. The number of benzene rings is 1. The van der Waals surface area contributed by atoms with E-state index >= 15 is 0 Å². The van der Waals surface area contributed by atoms with E-state index in [1.807, 2.05) is 0 Å². The molecule has 0 bridgehead atoms. The van der Waals surface area contributed by atoms with Crippen molar-refractivity contribution >= 4 is 31.3 Å². The van der Waals surface area contributed by atoms with E-state index in [0.29, 0.717) is 10.7 Å². The van der Waals surface area contributed by atoms with E-state index in [1.54, 1.807) is 0 Å². The van der Waals surface area contributed by atoms with Crippen LogP contribution in [0.15, 0.2) is 35.4 Å². The summed E-state index contributed by atoms with van der Waals surface area (Å²) in [7, 11) is 1.34. The fourth-order valence-corrected chi connectivity index (χ4v) is 2.27. The van der Waals surface area contributed by atoms with Gasteiger partial charge >= 0.3 is 0 Å². The molecule has 2 rings (SSSR count). The molecule has 1 N–H and O–H groups in total. The zero-order valence-electron chi connectivity index (χ0n) is 8.25. The van der Waals surface area contributed by atoms with Crippen molar-refractivity contribution in [2.45, 2.75) is 4.90 Å². The summed E-state index contributed by atoms with van der Waals surface area (Å²) < 4.78 is 35.6. The van der Waals surface area contributed by atoms with Crippen LogP contribution >= 0.6 is 22.3 Å². The zero-order valence-corrected chi connectivity index (χ0v) is 10.6. The second-order valence-corrected chi connectivity index (χ2v) is 6.31. The Balaban J connectivity index is 2.55. The first-order chi connectivity index (χ1) is 7.88. The monoisotopic (exact) mass is 293 g/mol. The molecule has 0 atom stereocenters. The minimum Gasteiger partial charge on any atom is -0.360 e. The predicted molar refractivity (Wildman–Crippen MR) is 64.2 cm³/mol. The average Bonchev–Trinajstić information content (AvgIpc) is 2.70. The zero-order chi connectivity index (χ0) is 12.6. The Morgan fingerprint density at radius 2 is 1.94 bits per heavy atom. The first-order valence-corrected chi connectivity index (χ1v) is 7.15. The quantitative estimate of drug-likeness (QED) is 0.863. The molecule has 0 aliphatic carbocycles. The Morgan fingerprint density at radius 1 is 1.24 bits per heavy atom. The van der Waals surface area contributed by atoms with Crippen LogP contribution in [0.1, 0.15) is 0 Å². The number of hydrogen-bond acceptors (Lipinski definition) is 2. The van der Waals surface area contributed by atoms with Crippen molar-refractivity contribution in [2.24, 2.45) is 0 Å². The van der Waals surface area contributed by atoms with Gasteiger partial charge in [0.2, 0.25) is 0 Å². The van der Waals surface area contributed by atoms with Gasteiger partial charge in [-0.3, -0.25) is 0 Å². The van der Waals surface area contributed by atoms with Crippen LogP contribution in [0.3, 0.4) is 0 Å². The smallest absolute Gasteiger partial charge is 0.262 e. The highest BCUT2D eigenvalue weighted by molar-refractivity contribution is 8.13. The van der Waals surface area contributed by atoms with E-state index in [9.17, 15) is 12.8 Å². The topological polar surface area (TPSA) is 49.9 Å². The summed E-state index contributed by atoms with van der Waals surface area (Å²) in [5.74, 6) is -0.505. The molecule has 3 nitrogen and oxygen atoms in total. The standard InChI is InChI=1S/C10H6Cl2FNO2S/c11-6-1-2-9(13)8(3-6)10-4-7(5-14-10)17(12,15)16/h1-5,14H. The first-order valence-electron chi connectivity index (χ1n) is 4.46. The van der Waals surface area contributed by atoms with Crippen molar-refractivity contribution in [1.29, 1.82) is 0 Å². The average molecular weight is 294 g/mol. The minimum absolute atomic E-state index is 0.117. The van der Waals surface area contributed by atoms with Gasteiger partial charge in [-0.1, -0.05) is 11.6 Å². The number of H-pyrrole nitrogens is 1. The maximum absolute atomic E-state index is 13.5. The third-order valence-corrected chi connectivity index (χ3v) is 3.73. The van der Waals surface area contributed by atoms with Crippen molar-refractivity contribution in [3.63, 3.8) is 0 Å². The van der Waals surface area contributed by atoms with Crippen LogP contribution in [0.5, 0.6) is 0 Å². The fraction of sp³-hybridized carbons (Fsp3) is 0. The van der Waals surface area contributed by atoms with Crippen LogP contribution in [0.25, 0.3) is 11.3 Å². The van der Waals surface area contributed by atoms with Crippen LogP contribution in [-0.4, -0.2) is 13.4 Å². The van der Waals surface area contributed by atoms with E-state index in [2.05, 4.69) is 4.98 Å². The number of rotatable bonds is 2. The molecule has 0 saturated carbocycles. The van der Waals surface area contributed by atoms with Crippen molar-refractivity contribution < 1.29 is 12.8 Å². The summed E-state index contributed by atoms with van der Waals surface area (Å²) in [5.41, 5.74) is 0.480. The molecule has 1 aromatic heterocycles. The van der Waals surface area contributed by atoms with Gasteiger partial charge in [0.25, 0.3) is 9.05 Å². The fourth-order valence-electron chi connectivity index (χ4n) is 1.37. The van der Waals surface area contributed by atoms with E-state index in [-0.39, 0.29) is 10.5 Å². The maximum atomic E-state index is 13.5. The van der Waals surface area contributed by atoms with Crippen molar-refractivity contribution in [3.8, 4) is 11.3 Å². The summed E-state index contributed by atoms with van der Waals surface area (Å²) in [6.45, 7) is 0. The first kappa shape index (κ1) is 12.4. The molecule has 7 heteroatoms. The SMILES string of the molecule is O=S(=O)(Cl)c1c[nH]c(-c2cc(Cl)ccc2F)c1. The van der Waals surface area contributed by atoms with Gasteiger partial charge in [-0.2, -0.15) is 0 Å². The van der Waals surface area contributed by atoms with Crippen molar-refractivity contribution in [2.75, 3.05) is 0 Å². The number of hydrogen-bond donors (Lipinski definition) is 1. The minimum atomic E-state index is -3.83. The van der Waals surface area contributed by atoms with Gasteiger partial charge in [0.15, 0.2) is 0 Å². The summed E-state index contributed by atoms with van der Waals surface area (Å²) >= 11 is 5.74. The number of aromatic amines is 1. The predicted octanol–water partition coefficient (Wildman–Crippen LogP) is 3.40. The molecule has 0 radical (unpaired) electrons. The third kappa shape index (κ3) is 2.62. The van der Waals surface area contributed by atoms with Crippen LogP contribution in [0.4, 0.5) is 4.39 Å². The van der Waals surface area contributed by atoms with Crippen LogP contribution in [0.2, 0.25) is 5.02 Å². The second-order valence-electron chi connectivity index (χ2n) is 3.31. The van der Waals surface area contributed by atoms with Crippen molar-refractivity contribution in [3.05, 3.63) is 41.3 Å². The lowest BCUT2D eigenvalue weighted by Crippen LogP contribution is -1.86. The molecule has 2 aromatic rings. The molecule has 0 saturated heterocycles. The highest BCUT2D eigenvalue weighted by Gasteiger charge is 2.15. The maximum Gasteiger partial charge on any atom is 0.262 e. The summed E-state index contributed by atoms with van der Waals surface area (Å²) in [4.78, 5) is 2.52. The lowest BCUT2D eigenvalue weighted by Gasteiger charge is -2.00. The van der Waals surface area contributed by atoms with Crippen LogP contribution in [0, 0.1) is 5.82 Å².